The molecule has 1 aliphatic rings. The zero-order valence-electron chi connectivity index (χ0n) is 12.1. The van der Waals surface area contributed by atoms with Gasteiger partial charge >= 0.3 is 5.97 Å². The molecule has 0 spiro atoms. The number of carbonyl (C=O) groups is 2. The second kappa shape index (κ2) is 5.25. The summed E-state index contributed by atoms with van der Waals surface area (Å²) in [7, 11) is 0. The molecule has 1 atom stereocenters. The summed E-state index contributed by atoms with van der Waals surface area (Å²) in [4.78, 5) is 25.3. The highest BCUT2D eigenvalue weighted by Crippen LogP contribution is 2.31. The summed E-state index contributed by atoms with van der Waals surface area (Å²) in [6.07, 6.45) is 3.64. The molecule has 0 bridgehead atoms. The topological polar surface area (TPSA) is 88.3 Å². The molecule has 114 valence electrons. The molecule has 7 heteroatoms. The van der Waals surface area contributed by atoms with E-state index in [1.807, 2.05) is 12.1 Å². The third kappa shape index (κ3) is 2.45. The molecule has 0 radical (unpaired) electrons. The first-order chi connectivity index (χ1) is 10.5. The number of aliphatic carboxylic acids is 1. The summed E-state index contributed by atoms with van der Waals surface area (Å²) >= 11 is 0. The van der Waals surface area contributed by atoms with Gasteiger partial charge in [-0.25, -0.2) is 0 Å². The number of likely N-dealkylation sites (tertiary alicyclic amines) is 1. The molecule has 7 nitrogen and oxygen atoms in total. The average molecular weight is 300 g/mol. The van der Waals surface area contributed by atoms with Crippen molar-refractivity contribution in [2.75, 3.05) is 13.1 Å². The molecule has 1 amide bonds. The van der Waals surface area contributed by atoms with Crippen molar-refractivity contribution in [2.24, 2.45) is 5.41 Å². The largest absolute Gasteiger partial charge is 0.481 e. The van der Waals surface area contributed by atoms with E-state index in [-0.39, 0.29) is 12.5 Å². The van der Waals surface area contributed by atoms with Gasteiger partial charge in [0.15, 0.2) is 0 Å². The lowest BCUT2D eigenvalue weighted by Crippen LogP contribution is -2.34. The Morgan fingerprint density at radius 3 is 2.36 bits per heavy atom. The second-order valence-electron chi connectivity index (χ2n) is 5.76. The van der Waals surface area contributed by atoms with Crippen LogP contribution in [0.15, 0.2) is 36.9 Å². The fourth-order valence-corrected chi connectivity index (χ4v) is 2.60. The predicted molar refractivity (Wildman–Crippen MR) is 77.6 cm³/mol. The highest BCUT2D eigenvalue weighted by atomic mass is 16.4. The van der Waals surface area contributed by atoms with Crippen molar-refractivity contribution in [2.45, 2.75) is 13.3 Å². The van der Waals surface area contributed by atoms with Crippen molar-refractivity contribution in [3.63, 3.8) is 0 Å². The summed E-state index contributed by atoms with van der Waals surface area (Å²) in [6.45, 7) is 2.39. The summed E-state index contributed by atoms with van der Waals surface area (Å²) in [6, 6.07) is 7.08. The zero-order chi connectivity index (χ0) is 15.7. The Labute approximate surface area is 127 Å². The van der Waals surface area contributed by atoms with Gasteiger partial charge in [-0.2, -0.15) is 0 Å². The lowest BCUT2D eigenvalue weighted by atomic mass is 9.90. The lowest BCUT2D eigenvalue weighted by molar-refractivity contribution is -0.147. The van der Waals surface area contributed by atoms with Crippen molar-refractivity contribution >= 4 is 11.9 Å². The van der Waals surface area contributed by atoms with E-state index in [1.165, 1.54) is 0 Å². The fraction of sp³-hybridized carbons (Fsp3) is 0.333. The molecule has 22 heavy (non-hydrogen) atoms. The molecule has 1 saturated heterocycles. The first kappa shape index (κ1) is 14.2. The van der Waals surface area contributed by atoms with Gasteiger partial charge < -0.3 is 10.0 Å². The average Bonchev–Trinajstić information content (AvgIpc) is 3.17. The third-order valence-corrected chi connectivity index (χ3v) is 4.11. The molecule has 1 N–H and O–H groups in total. The smallest absolute Gasteiger partial charge is 0.311 e. The molecule has 1 aromatic heterocycles. The summed E-state index contributed by atoms with van der Waals surface area (Å²) in [5, 5.41) is 16.7. The van der Waals surface area contributed by atoms with Crippen LogP contribution >= 0.6 is 0 Å². The number of carboxylic acid groups (broad SMARTS) is 1. The number of aromatic nitrogens is 3. The summed E-state index contributed by atoms with van der Waals surface area (Å²) in [5.41, 5.74) is 0.558. The van der Waals surface area contributed by atoms with Gasteiger partial charge in [-0.3, -0.25) is 14.2 Å². The monoisotopic (exact) mass is 300 g/mol. The van der Waals surface area contributed by atoms with E-state index in [4.69, 9.17) is 0 Å². The number of rotatable bonds is 3. The van der Waals surface area contributed by atoms with E-state index in [0.29, 0.717) is 18.5 Å². The number of carboxylic acids is 1. The molecule has 0 aliphatic carbocycles. The molecule has 1 fully saturated rings. The van der Waals surface area contributed by atoms with Crippen LogP contribution in [0, 0.1) is 5.41 Å². The van der Waals surface area contributed by atoms with E-state index >= 15 is 0 Å². The van der Waals surface area contributed by atoms with Crippen LogP contribution in [0.4, 0.5) is 0 Å². The maximum atomic E-state index is 12.5. The van der Waals surface area contributed by atoms with E-state index in [1.54, 1.807) is 41.2 Å². The van der Waals surface area contributed by atoms with Crippen molar-refractivity contribution in [1.82, 2.24) is 19.7 Å². The van der Waals surface area contributed by atoms with Gasteiger partial charge in [0.2, 0.25) is 0 Å². The van der Waals surface area contributed by atoms with Crippen molar-refractivity contribution < 1.29 is 14.7 Å². The van der Waals surface area contributed by atoms with Gasteiger partial charge in [-0.1, -0.05) is 0 Å². The highest BCUT2D eigenvalue weighted by molar-refractivity contribution is 5.95. The SMILES string of the molecule is C[C@@]1(C(=O)O)CCN(C(=O)c2ccc(-n3cnnc3)cc2)C1. The van der Waals surface area contributed by atoms with Crippen LogP contribution < -0.4 is 0 Å². The van der Waals surface area contributed by atoms with Gasteiger partial charge in [0.1, 0.15) is 12.7 Å². The molecule has 1 aliphatic heterocycles. The van der Waals surface area contributed by atoms with Crippen LogP contribution in [-0.4, -0.2) is 49.7 Å². The van der Waals surface area contributed by atoms with Gasteiger partial charge in [-0.15, -0.1) is 10.2 Å². The minimum Gasteiger partial charge on any atom is -0.481 e. The van der Waals surface area contributed by atoms with Crippen molar-refractivity contribution in [3.8, 4) is 5.69 Å². The van der Waals surface area contributed by atoms with Crippen LogP contribution in [0.25, 0.3) is 5.69 Å². The number of hydrogen-bond donors (Lipinski definition) is 1. The maximum absolute atomic E-state index is 12.5. The molecule has 0 saturated carbocycles. The van der Waals surface area contributed by atoms with Crippen LogP contribution in [-0.2, 0) is 4.79 Å². The van der Waals surface area contributed by atoms with E-state index in [9.17, 15) is 14.7 Å². The normalized spacial score (nSPS) is 21.0. The maximum Gasteiger partial charge on any atom is 0.311 e. The third-order valence-electron chi connectivity index (χ3n) is 4.11. The Balaban J connectivity index is 1.75. The zero-order valence-corrected chi connectivity index (χ0v) is 12.1. The Kier molecular flexibility index (Phi) is 3.40. The standard InChI is InChI=1S/C15H16N4O3/c1-15(14(21)22)6-7-18(8-15)13(20)11-2-4-12(5-3-11)19-9-16-17-10-19/h2-5,9-10H,6-8H2,1H3,(H,21,22)/t15-/m1/s1. The molecule has 3 rings (SSSR count). The quantitative estimate of drug-likeness (QED) is 0.920. The Morgan fingerprint density at radius 1 is 1.18 bits per heavy atom. The van der Waals surface area contributed by atoms with Crippen molar-refractivity contribution in [1.29, 1.82) is 0 Å². The molecular weight excluding hydrogens is 284 g/mol. The molecule has 2 aromatic rings. The first-order valence-corrected chi connectivity index (χ1v) is 6.97. The van der Waals surface area contributed by atoms with Crippen molar-refractivity contribution in [3.05, 3.63) is 42.5 Å². The van der Waals surface area contributed by atoms with Gasteiger partial charge in [0.25, 0.3) is 5.91 Å². The molecule has 0 unspecified atom stereocenters. The number of amides is 1. The first-order valence-electron chi connectivity index (χ1n) is 6.97. The Morgan fingerprint density at radius 2 is 1.82 bits per heavy atom. The molecular formula is C15H16N4O3. The number of benzene rings is 1. The van der Waals surface area contributed by atoms with Crippen LogP contribution in [0.1, 0.15) is 23.7 Å². The molecule has 2 heterocycles. The molecule has 1 aromatic carbocycles. The summed E-state index contributed by atoms with van der Waals surface area (Å²) < 4.78 is 1.74. The van der Waals surface area contributed by atoms with E-state index in [0.717, 1.165) is 5.69 Å². The second-order valence-corrected chi connectivity index (χ2v) is 5.76. The van der Waals surface area contributed by atoms with Crippen LogP contribution in [0.3, 0.4) is 0 Å². The lowest BCUT2D eigenvalue weighted by Gasteiger charge is -2.20. The summed E-state index contributed by atoms with van der Waals surface area (Å²) in [5.74, 6) is -0.994. The van der Waals surface area contributed by atoms with Gasteiger partial charge in [-0.05, 0) is 37.6 Å². The Bertz CT molecular complexity index is 696. The van der Waals surface area contributed by atoms with Gasteiger partial charge in [0, 0.05) is 24.3 Å². The number of nitrogens with zero attached hydrogens (tertiary/aromatic N) is 4. The minimum atomic E-state index is -0.856. The Hall–Kier alpha value is -2.70. The minimum absolute atomic E-state index is 0.139. The number of hydrogen-bond acceptors (Lipinski definition) is 4. The number of carbonyl (C=O) groups excluding carboxylic acids is 1. The van der Waals surface area contributed by atoms with E-state index < -0.39 is 11.4 Å². The van der Waals surface area contributed by atoms with Crippen LogP contribution in [0.2, 0.25) is 0 Å². The van der Waals surface area contributed by atoms with E-state index in [2.05, 4.69) is 10.2 Å². The highest BCUT2D eigenvalue weighted by Gasteiger charge is 2.42. The predicted octanol–water partition coefficient (Wildman–Crippen LogP) is 1.20. The fourth-order valence-electron chi connectivity index (χ4n) is 2.60. The van der Waals surface area contributed by atoms with Crippen LogP contribution in [0.5, 0.6) is 0 Å². The van der Waals surface area contributed by atoms with Gasteiger partial charge in [0.05, 0.1) is 5.41 Å².